The minimum Gasteiger partial charge on any atom is -0.478 e. The van der Waals surface area contributed by atoms with E-state index < -0.39 is 16.0 Å². The van der Waals surface area contributed by atoms with Gasteiger partial charge in [-0.15, -0.1) is 0 Å². The monoisotopic (exact) mass is 313 g/mol. The number of aromatic carboxylic acids is 1. The van der Waals surface area contributed by atoms with Crippen LogP contribution in [0.25, 0.3) is 0 Å². The van der Waals surface area contributed by atoms with E-state index in [1.165, 1.54) is 18.2 Å². The zero-order valence-corrected chi connectivity index (χ0v) is 12.8. The maximum atomic E-state index is 12.3. The first-order valence-corrected chi connectivity index (χ1v) is 8.18. The van der Waals surface area contributed by atoms with E-state index in [2.05, 4.69) is 4.72 Å². The molecule has 0 aromatic heterocycles. The van der Waals surface area contributed by atoms with Gasteiger partial charge in [-0.25, -0.2) is 17.9 Å². The van der Waals surface area contributed by atoms with Crippen molar-refractivity contribution in [2.75, 3.05) is 6.61 Å². The lowest BCUT2D eigenvalue weighted by Crippen LogP contribution is -2.45. The average molecular weight is 313 g/mol. The Hall–Kier alpha value is -1.44. The molecule has 1 aliphatic rings. The number of rotatable bonds is 4. The van der Waals surface area contributed by atoms with Crippen molar-refractivity contribution in [3.63, 3.8) is 0 Å². The van der Waals surface area contributed by atoms with Crippen LogP contribution in [-0.4, -0.2) is 37.7 Å². The van der Waals surface area contributed by atoms with E-state index in [1.807, 2.05) is 13.8 Å². The maximum absolute atomic E-state index is 12.3. The van der Waals surface area contributed by atoms with Gasteiger partial charge in [0.1, 0.15) is 0 Å². The van der Waals surface area contributed by atoms with Gasteiger partial charge < -0.3 is 9.84 Å². The third-order valence-electron chi connectivity index (χ3n) is 3.41. The van der Waals surface area contributed by atoms with Crippen LogP contribution in [0.5, 0.6) is 0 Å². The van der Waals surface area contributed by atoms with Crippen LogP contribution in [-0.2, 0) is 14.8 Å². The summed E-state index contributed by atoms with van der Waals surface area (Å²) in [7, 11) is -3.74. The van der Waals surface area contributed by atoms with Gasteiger partial charge in [-0.3, -0.25) is 0 Å². The SMILES string of the molecule is CC1(C)CC(NS(=O)(=O)c2cccc(C(=O)O)c2)CCO1. The van der Waals surface area contributed by atoms with Crippen molar-refractivity contribution in [2.45, 2.75) is 43.2 Å². The molecule has 0 amide bonds. The zero-order chi connectivity index (χ0) is 15.7. The molecular weight excluding hydrogens is 294 g/mol. The number of nitrogens with one attached hydrogen (secondary N) is 1. The molecule has 1 saturated heterocycles. The smallest absolute Gasteiger partial charge is 0.335 e. The summed E-state index contributed by atoms with van der Waals surface area (Å²) in [4.78, 5) is 10.9. The van der Waals surface area contributed by atoms with Crippen LogP contribution in [0.3, 0.4) is 0 Å². The zero-order valence-electron chi connectivity index (χ0n) is 12.0. The van der Waals surface area contributed by atoms with Gasteiger partial charge in [-0.1, -0.05) is 6.07 Å². The van der Waals surface area contributed by atoms with Gasteiger partial charge >= 0.3 is 5.97 Å². The first kappa shape index (κ1) is 15.9. The van der Waals surface area contributed by atoms with Gasteiger partial charge in [0.25, 0.3) is 0 Å². The Morgan fingerprint density at radius 3 is 2.76 bits per heavy atom. The van der Waals surface area contributed by atoms with E-state index in [4.69, 9.17) is 9.84 Å². The number of hydrogen-bond acceptors (Lipinski definition) is 4. The number of benzene rings is 1. The average Bonchev–Trinajstić information content (AvgIpc) is 2.37. The molecule has 0 spiro atoms. The molecule has 2 N–H and O–H groups in total. The third-order valence-corrected chi connectivity index (χ3v) is 4.93. The maximum Gasteiger partial charge on any atom is 0.335 e. The molecule has 2 rings (SSSR count). The highest BCUT2D eigenvalue weighted by Gasteiger charge is 2.31. The molecular formula is C14H19NO5S. The lowest BCUT2D eigenvalue weighted by Gasteiger charge is -2.35. The van der Waals surface area contributed by atoms with Crippen LogP contribution in [0.1, 0.15) is 37.0 Å². The van der Waals surface area contributed by atoms with Crippen LogP contribution in [0.4, 0.5) is 0 Å². The fraction of sp³-hybridized carbons (Fsp3) is 0.500. The summed E-state index contributed by atoms with van der Waals surface area (Å²) in [5, 5.41) is 8.93. The molecule has 1 heterocycles. The molecule has 1 aromatic carbocycles. The lowest BCUT2D eigenvalue weighted by molar-refractivity contribution is -0.0599. The van der Waals surface area contributed by atoms with Crippen LogP contribution >= 0.6 is 0 Å². The Labute approximate surface area is 124 Å². The number of hydrogen-bond donors (Lipinski definition) is 2. The highest BCUT2D eigenvalue weighted by Crippen LogP contribution is 2.25. The number of ether oxygens (including phenoxy) is 1. The van der Waals surface area contributed by atoms with Gasteiger partial charge in [0.05, 0.1) is 16.1 Å². The van der Waals surface area contributed by atoms with Gasteiger partial charge in [0.2, 0.25) is 10.0 Å². The second-order valence-electron chi connectivity index (χ2n) is 5.75. The minimum absolute atomic E-state index is 0.0355. The van der Waals surface area contributed by atoms with Gasteiger partial charge in [-0.05, 0) is 44.9 Å². The second-order valence-corrected chi connectivity index (χ2v) is 7.47. The van der Waals surface area contributed by atoms with Gasteiger partial charge in [0.15, 0.2) is 0 Å². The third kappa shape index (κ3) is 4.03. The molecule has 1 atom stereocenters. The second kappa shape index (κ2) is 5.75. The molecule has 6 nitrogen and oxygen atoms in total. The highest BCUT2D eigenvalue weighted by molar-refractivity contribution is 7.89. The van der Waals surface area contributed by atoms with E-state index in [9.17, 15) is 13.2 Å². The first-order chi connectivity index (χ1) is 9.70. The molecule has 1 unspecified atom stereocenters. The quantitative estimate of drug-likeness (QED) is 0.881. The largest absolute Gasteiger partial charge is 0.478 e. The van der Waals surface area contributed by atoms with Crippen molar-refractivity contribution < 1.29 is 23.1 Å². The van der Waals surface area contributed by atoms with Crippen LogP contribution in [0.2, 0.25) is 0 Å². The van der Waals surface area contributed by atoms with Gasteiger partial charge in [0, 0.05) is 12.6 Å². The molecule has 0 radical (unpaired) electrons. The summed E-state index contributed by atoms with van der Waals surface area (Å²) in [5.74, 6) is -1.15. The van der Waals surface area contributed by atoms with Crippen molar-refractivity contribution >= 4 is 16.0 Å². The van der Waals surface area contributed by atoms with Crippen molar-refractivity contribution in [1.82, 2.24) is 4.72 Å². The Kier molecular flexibility index (Phi) is 4.36. The molecule has 116 valence electrons. The Morgan fingerprint density at radius 2 is 2.14 bits per heavy atom. The fourth-order valence-corrected chi connectivity index (χ4v) is 3.73. The van der Waals surface area contributed by atoms with E-state index in [1.54, 1.807) is 0 Å². The predicted octanol–water partition coefficient (Wildman–Crippen LogP) is 1.62. The minimum atomic E-state index is -3.74. The summed E-state index contributed by atoms with van der Waals surface area (Å²) in [6.45, 7) is 4.33. The van der Waals surface area contributed by atoms with E-state index in [0.29, 0.717) is 19.4 Å². The fourth-order valence-electron chi connectivity index (χ4n) is 2.42. The Bertz CT molecular complexity index is 639. The molecule has 21 heavy (non-hydrogen) atoms. The number of sulfonamides is 1. The Balaban J connectivity index is 2.18. The van der Waals surface area contributed by atoms with Gasteiger partial charge in [-0.2, -0.15) is 0 Å². The van der Waals surface area contributed by atoms with Crippen molar-refractivity contribution in [3.8, 4) is 0 Å². The predicted molar refractivity (Wildman–Crippen MR) is 76.8 cm³/mol. The van der Waals surface area contributed by atoms with Crippen LogP contribution < -0.4 is 4.72 Å². The van der Waals surface area contributed by atoms with E-state index in [-0.39, 0.29) is 22.1 Å². The molecule has 0 bridgehead atoms. The standard InChI is InChI=1S/C14H19NO5S/c1-14(2)9-11(6-7-20-14)15-21(18,19)12-5-3-4-10(8-12)13(16)17/h3-5,8,11,15H,6-7,9H2,1-2H3,(H,16,17). The molecule has 7 heteroatoms. The molecule has 1 aliphatic heterocycles. The normalized spacial score (nSPS) is 21.9. The first-order valence-electron chi connectivity index (χ1n) is 6.69. The lowest BCUT2D eigenvalue weighted by atomic mass is 9.95. The topological polar surface area (TPSA) is 92.7 Å². The molecule has 0 saturated carbocycles. The molecule has 1 aromatic rings. The number of carboxylic acid groups (broad SMARTS) is 1. The highest BCUT2D eigenvalue weighted by atomic mass is 32.2. The van der Waals surface area contributed by atoms with E-state index >= 15 is 0 Å². The van der Waals surface area contributed by atoms with E-state index in [0.717, 1.165) is 6.07 Å². The summed E-state index contributed by atoms with van der Waals surface area (Å²) < 4.78 is 32.9. The molecule has 0 aliphatic carbocycles. The van der Waals surface area contributed by atoms with Crippen molar-refractivity contribution in [2.24, 2.45) is 0 Å². The number of carboxylic acids is 1. The summed E-state index contributed by atoms with van der Waals surface area (Å²) in [6, 6.07) is 5.12. The van der Waals surface area contributed by atoms with Crippen molar-refractivity contribution in [1.29, 1.82) is 0 Å². The van der Waals surface area contributed by atoms with Crippen LogP contribution in [0, 0.1) is 0 Å². The van der Waals surface area contributed by atoms with Crippen molar-refractivity contribution in [3.05, 3.63) is 29.8 Å². The summed E-state index contributed by atoms with van der Waals surface area (Å²) >= 11 is 0. The number of carbonyl (C=O) groups is 1. The summed E-state index contributed by atoms with van der Waals surface area (Å²) in [5.41, 5.74) is -0.417. The molecule has 1 fully saturated rings. The Morgan fingerprint density at radius 1 is 1.43 bits per heavy atom. The summed E-state index contributed by atoms with van der Waals surface area (Å²) in [6.07, 6.45) is 1.17. The van der Waals surface area contributed by atoms with Crippen LogP contribution in [0.15, 0.2) is 29.2 Å².